The van der Waals surface area contributed by atoms with Gasteiger partial charge in [-0.1, -0.05) is 24.3 Å². The number of carbonyl (C=O) groups excluding carboxylic acids is 1. The van der Waals surface area contributed by atoms with Gasteiger partial charge in [-0.25, -0.2) is 4.79 Å². The molecular weight excluding hydrogens is 314 g/mol. The Morgan fingerprint density at radius 3 is 2.76 bits per heavy atom. The van der Waals surface area contributed by atoms with E-state index < -0.39 is 0 Å². The maximum atomic E-state index is 12.1. The molecule has 0 aliphatic carbocycles. The standard InChI is InChI=1S/C20H21N3O2/c1-14-8-9-17(13-15(14)2)25-12-11-22-20(24)23-18-7-3-5-16-6-4-10-21-19(16)18/h3-10,13H,11-12H2,1-2H3,(H2,22,23,24). The molecule has 0 spiro atoms. The maximum absolute atomic E-state index is 12.1. The minimum atomic E-state index is -0.276. The molecule has 25 heavy (non-hydrogen) atoms. The molecule has 2 aromatic carbocycles. The number of aryl methyl sites for hydroxylation is 2. The molecule has 0 saturated heterocycles. The SMILES string of the molecule is Cc1ccc(OCCNC(=O)Nc2cccc3cccnc23)cc1C. The van der Waals surface area contributed by atoms with Crippen LogP contribution in [0, 0.1) is 13.8 Å². The number of para-hydroxylation sites is 1. The van der Waals surface area contributed by atoms with Crippen LogP contribution in [0.5, 0.6) is 5.75 Å². The van der Waals surface area contributed by atoms with Crippen molar-refractivity contribution in [1.82, 2.24) is 10.3 Å². The summed E-state index contributed by atoms with van der Waals surface area (Å²) in [5.74, 6) is 0.809. The molecule has 3 rings (SSSR count). The molecule has 2 amide bonds. The predicted molar refractivity (Wildman–Crippen MR) is 100 cm³/mol. The monoisotopic (exact) mass is 335 g/mol. The van der Waals surface area contributed by atoms with E-state index in [4.69, 9.17) is 4.74 Å². The number of urea groups is 1. The van der Waals surface area contributed by atoms with Crippen LogP contribution >= 0.6 is 0 Å². The van der Waals surface area contributed by atoms with Crippen molar-refractivity contribution in [2.45, 2.75) is 13.8 Å². The van der Waals surface area contributed by atoms with Gasteiger partial charge in [0.25, 0.3) is 0 Å². The van der Waals surface area contributed by atoms with Gasteiger partial charge in [-0.2, -0.15) is 0 Å². The Balaban J connectivity index is 1.50. The zero-order chi connectivity index (χ0) is 17.6. The highest BCUT2D eigenvalue weighted by Crippen LogP contribution is 2.20. The van der Waals surface area contributed by atoms with Crippen molar-refractivity contribution in [2.24, 2.45) is 0 Å². The second kappa shape index (κ2) is 7.66. The molecule has 0 saturated carbocycles. The highest BCUT2D eigenvalue weighted by Gasteiger charge is 2.06. The van der Waals surface area contributed by atoms with E-state index in [1.165, 1.54) is 11.1 Å². The van der Waals surface area contributed by atoms with Gasteiger partial charge in [-0.05, 0) is 49.2 Å². The maximum Gasteiger partial charge on any atom is 0.319 e. The first kappa shape index (κ1) is 16.8. The number of amides is 2. The third-order valence-corrected chi connectivity index (χ3v) is 4.02. The number of carbonyl (C=O) groups is 1. The van der Waals surface area contributed by atoms with Gasteiger partial charge in [-0.15, -0.1) is 0 Å². The topological polar surface area (TPSA) is 63.2 Å². The molecule has 3 aromatic rings. The van der Waals surface area contributed by atoms with E-state index in [1.807, 2.05) is 55.5 Å². The highest BCUT2D eigenvalue weighted by molar-refractivity contribution is 5.99. The van der Waals surface area contributed by atoms with Crippen LogP contribution in [0.3, 0.4) is 0 Å². The number of fused-ring (bicyclic) bond motifs is 1. The Labute approximate surface area is 147 Å². The summed E-state index contributed by atoms with van der Waals surface area (Å²) in [5, 5.41) is 6.61. The summed E-state index contributed by atoms with van der Waals surface area (Å²) in [6.45, 7) is 4.93. The van der Waals surface area contributed by atoms with Crippen LogP contribution in [0.15, 0.2) is 54.7 Å². The van der Waals surface area contributed by atoms with Crippen LogP contribution in [0.1, 0.15) is 11.1 Å². The lowest BCUT2D eigenvalue weighted by atomic mass is 10.1. The van der Waals surface area contributed by atoms with Gasteiger partial charge in [0.1, 0.15) is 12.4 Å². The second-order valence-electron chi connectivity index (χ2n) is 5.86. The number of hydrogen-bond donors (Lipinski definition) is 2. The van der Waals surface area contributed by atoms with Gasteiger partial charge in [0.15, 0.2) is 0 Å². The van der Waals surface area contributed by atoms with E-state index in [0.717, 1.165) is 16.7 Å². The van der Waals surface area contributed by atoms with Gasteiger partial charge in [-0.3, -0.25) is 4.98 Å². The second-order valence-corrected chi connectivity index (χ2v) is 5.86. The van der Waals surface area contributed by atoms with Crippen molar-refractivity contribution < 1.29 is 9.53 Å². The number of hydrogen-bond acceptors (Lipinski definition) is 3. The quantitative estimate of drug-likeness (QED) is 0.691. The summed E-state index contributed by atoms with van der Waals surface area (Å²) in [6.07, 6.45) is 1.71. The number of pyridine rings is 1. The molecule has 5 heteroatoms. The van der Waals surface area contributed by atoms with Crippen molar-refractivity contribution in [3.8, 4) is 5.75 Å². The van der Waals surface area contributed by atoms with E-state index >= 15 is 0 Å². The third-order valence-electron chi connectivity index (χ3n) is 4.02. The Bertz CT molecular complexity index is 888. The molecule has 0 bridgehead atoms. The lowest BCUT2D eigenvalue weighted by Crippen LogP contribution is -2.32. The first-order chi connectivity index (χ1) is 12.1. The number of nitrogens with zero attached hydrogens (tertiary/aromatic N) is 1. The van der Waals surface area contributed by atoms with Crippen LogP contribution in [0.25, 0.3) is 10.9 Å². The first-order valence-electron chi connectivity index (χ1n) is 8.22. The lowest BCUT2D eigenvalue weighted by molar-refractivity contribution is 0.247. The fraction of sp³-hybridized carbons (Fsp3) is 0.200. The molecule has 0 unspecified atom stereocenters. The van der Waals surface area contributed by atoms with E-state index in [1.54, 1.807) is 6.20 Å². The van der Waals surface area contributed by atoms with Crippen molar-refractivity contribution in [3.05, 3.63) is 65.9 Å². The molecule has 0 aliphatic heterocycles. The molecule has 128 valence electrons. The van der Waals surface area contributed by atoms with Crippen molar-refractivity contribution >= 4 is 22.6 Å². The van der Waals surface area contributed by atoms with Crippen molar-refractivity contribution in [2.75, 3.05) is 18.5 Å². The molecular formula is C20H21N3O2. The van der Waals surface area contributed by atoms with Gasteiger partial charge in [0.2, 0.25) is 0 Å². The normalized spacial score (nSPS) is 10.5. The predicted octanol–water partition coefficient (Wildman–Crippen LogP) is 4.05. The Hall–Kier alpha value is -3.08. The van der Waals surface area contributed by atoms with Gasteiger partial charge >= 0.3 is 6.03 Å². The zero-order valence-corrected chi connectivity index (χ0v) is 14.4. The van der Waals surface area contributed by atoms with Crippen molar-refractivity contribution in [3.63, 3.8) is 0 Å². The fourth-order valence-corrected chi connectivity index (χ4v) is 2.51. The highest BCUT2D eigenvalue weighted by atomic mass is 16.5. The molecule has 2 N–H and O–H groups in total. The minimum Gasteiger partial charge on any atom is -0.492 e. The smallest absolute Gasteiger partial charge is 0.319 e. The summed E-state index contributed by atoms with van der Waals surface area (Å²) >= 11 is 0. The summed E-state index contributed by atoms with van der Waals surface area (Å²) in [4.78, 5) is 16.4. The lowest BCUT2D eigenvalue weighted by Gasteiger charge is -2.11. The van der Waals surface area contributed by atoms with E-state index in [9.17, 15) is 4.79 Å². The Morgan fingerprint density at radius 2 is 1.92 bits per heavy atom. The fourth-order valence-electron chi connectivity index (χ4n) is 2.51. The first-order valence-corrected chi connectivity index (χ1v) is 8.22. The van der Waals surface area contributed by atoms with Crippen LogP contribution in [-0.2, 0) is 0 Å². The van der Waals surface area contributed by atoms with Crippen LogP contribution in [0.2, 0.25) is 0 Å². The number of aromatic nitrogens is 1. The number of rotatable bonds is 5. The summed E-state index contributed by atoms with van der Waals surface area (Å²) < 4.78 is 5.66. The van der Waals surface area contributed by atoms with Crippen molar-refractivity contribution in [1.29, 1.82) is 0 Å². The summed E-state index contributed by atoms with van der Waals surface area (Å²) in [5.41, 5.74) is 3.87. The summed E-state index contributed by atoms with van der Waals surface area (Å²) in [6, 6.07) is 15.2. The number of ether oxygens (including phenoxy) is 1. The Morgan fingerprint density at radius 1 is 1.08 bits per heavy atom. The molecule has 5 nitrogen and oxygen atoms in total. The number of anilines is 1. The van der Waals surface area contributed by atoms with Gasteiger partial charge in [0.05, 0.1) is 17.7 Å². The molecule has 0 fully saturated rings. The van der Waals surface area contributed by atoms with Gasteiger partial charge in [0, 0.05) is 11.6 Å². The Kier molecular flexibility index (Phi) is 5.14. The van der Waals surface area contributed by atoms with E-state index in [-0.39, 0.29) is 6.03 Å². The zero-order valence-electron chi connectivity index (χ0n) is 14.4. The van der Waals surface area contributed by atoms with Crippen LogP contribution < -0.4 is 15.4 Å². The minimum absolute atomic E-state index is 0.276. The largest absolute Gasteiger partial charge is 0.492 e. The third kappa shape index (κ3) is 4.26. The molecule has 0 aliphatic rings. The van der Waals surface area contributed by atoms with E-state index in [2.05, 4.69) is 22.5 Å². The van der Waals surface area contributed by atoms with Crippen LogP contribution in [-0.4, -0.2) is 24.2 Å². The molecule has 1 aromatic heterocycles. The van der Waals surface area contributed by atoms with Gasteiger partial charge < -0.3 is 15.4 Å². The summed E-state index contributed by atoms with van der Waals surface area (Å²) in [7, 11) is 0. The van der Waals surface area contributed by atoms with E-state index in [0.29, 0.717) is 18.8 Å². The molecule has 0 atom stereocenters. The average Bonchev–Trinajstić information content (AvgIpc) is 2.62. The molecule has 0 radical (unpaired) electrons. The number of benzene rings is 2. The average molecular weight is 335 g/mol. The molecule has 1 heterocycles. The number of nitrogens with one attached hydrogen (secondary N) is 2. The van der Waals surface area contributed by atoms with Crippen LogP contribution in [0.4, 0.5) is 10.5 Å².